The lowest BCUT2D eigenvalue weighted by Crippen LogP contribution is -1.93. The van der Waals surface area contributed by atoms with Crippen molar-refractivity contribution in [2.45, 2.75) is 0 Å². The molecule has 0 rings (SSSR count). The molecule has 11 heavy (non-hydrogen) atoms. The van der Waals surface area contributed by atoms with Crippen molar-refractivity contribution < 1.29 is 35.0 Å². The first-order chi connectivity index (χ1) is 4.64. The lowest BCUT2D eigenvalue weighted by atomic mass is 15.8. The van der Waals surface area contributed by atoms with Crippen LogP contribution in [0.4, 0.5) is 0 Å². The van der Waals surface area contributed by atoms with Gasteiger partial charge in [0.15, 0.2) is 0 Å². The van der Waals surface area contributed by atoms with Gasteiger partial charge in [0, 0.05) is 0 Å². The molecule has 0 aromatic heterocycles. The van der Waals surface area contributed by atoms with Crippen LogP contribution in [0.25, 0.3) is 0 Å². The molecule has 11 heteroatoms. The molecule has 0 fully saturated rings. The van der Waals surface area contributed by atoms with Crippen molar-refractivity contribution in [3.05, 3.63) is 0 Å². The molecule has 8 nitrogen and oxygen atoms in total. The van der Waals surface area contributed by atoms with Crippen LogP contribution in [0, 0.1) is 0 Å². The highest BCUT2D eigenvalue weighted by molar-refractivity contribution is 8.56. The van der Waals surface area contributed by atoms with Gasteiger partial charge in [-0.05, 0) is 0 Å². The van der Waals surface area contributed by atoms with Gasteiger partial charge in [-0.3, -0.25) is 18.2 Å². The molecule has 0 aliphatic carbocycles. The fourth-order valence-electron chi connectivity index (χ4n) is 0. The quantitative estimate of drug-likeness (QED) is 0.245. The average molecular weight is 228 g/mol. The highest BCUT2D eigenvalue weighted by Crippen LogP contribution is 1.74. The summed E-state index contributed by atoms with van der Waals surface area (Å²) in [7, 11) is -9.85. The average Bonchev–Trinajstić information content (AvgIpc) is 1.59. The maximum absolute atomic E-state index is 9.26. The van der Waals surface area contributed by atoms with Crippen LogP contribution in [0.1, 0.15) is 0 Å². The Morgan fingerprint density at radius 3 is 1.00 bits per heavy atom. The normalized spacial score (nSPS) is 16.0. The van der Waals surface area contributed by atoms with E-state index < -0.39 is 30.6 Å². The predicted molar refractivity (Wildman–Crippen MR) is 35.7 cm³/mol. The second kappa shape index (κ2) is 5.70. The molecule has 0 saturated heterocycles. The van der Waals surface area contributed by atoms with Gasteiger partial charge < -0.3 is 0 Å². The molecule has 0 aliphatic rings. The third kappa shape index (κ3) is 39.5. The van der Waals surface area contributed by atoms with E-state index in [1.165, 1.54) is 0 Å². The number of hydrogen-bond acceptors (Lipinski definition) is 4. The van der Waals surface area contributed by atoms with Crippen LogP contribution in [-0.2, 0) is 30.6 Å². The van der Waals surface area contributed by atoms with E-state index in [4.69, 9.17) is 26.6 Å². The van der Waals surface area contributed by atoms with Crippen LogP contribution in [0.5, 0.6) is 0 Å². The maximum atomic E-state index is 9.26. The molecule has 4 N–H and O–H groups in total. The zero-order valence-electron chi connectivity index (χ0n) is 4.65. The smallest absolute Gasteiger partial charge is 0.294 e. The van der Waals surface area contributed by atoms with Gasteiger partial charge in [0.05, 0.1) is 0 Å². The first kappa shape index (κ1) is 13.7. The van der Waals surface area contributed by atoms with E-state index in [0.29, 0.717) is 0 Å². The largest absolute Gasteiger partial charge is 0.394 e. The molecule has 0 amide bonds. The Labute approximate surface area is 66.2 Å². The Morgan fingerprint density at radius 1 is 0.909 bits per heavy atom. The Balaban J connectivity index is 0. The Morgan fingerprint density at radius 2 is 1.00 bits per heavy atom. The molecule has 0 aromatic rings. The zero-order chi connectivity index (χ0) is 9.65. The lowest BCUT2D eigenvalue weighted by molar-refractivity contribution is 0.381. The minimum atomic E-state index is -4.67. The Kier molecular flexibility index (Phi) is 7.09. The number of hydrogen-bond donors (Lipinski definition) is 4. The summed E-state index contributed by atoms with van der Waals surface area (Å²) < 4.78 is 65.2. The summed E-state index contributed by atoms with van der Waals surface area (Å²) in [5.41, 5.74) is 0. The van der Waals surface area contributed by atoms with E-state index in [1.54, 1.807) is 0 Å². The van der Waals surface area contributed by atoms with Gasteiger partial charge in [-0.2, -0.15) is 8.42 Å². The molecular weight excluding hydrogens is 224 g/mol. The van der Waals surface area contributed by atoms with Crippen LogP contribution in [0.2, 0.25) is 0 Å². The highest BCUT2D eigenvalue weighted by Gasteiger charge is 1.95. The molecule has 70 valence electrons. The summed E-state index contributed by atoms with van der Waals surface area (Å²) >= 11 is 0. The van der Waals surface area contributed by atoms with E-state index >= 15 is 0 Å². The van der Waals surface area contributed by atoms with Gasteiger partial charge in [0.2, 0.25) is 0 Å². The van der Waals surface area contributed by atoms with Crippen molar-refractivity contribution >= 4 is 30.6 Å². The Hall–Kier alpha value is 0.0900. The van der Waals surface area contributed by atoms with E-state index in [9.17, 15) is 8.42 Å². The lowest BCUT2D eigenvalue weighted by Gasteiger charge is -1.74. The highest BCUT2D eigenvalue weighted by atomic mass is 33.2. The molecule has 0 saturated carbocycles. The molecular formula is H4O8S3. The van der Waals surface area contributed by atoms with Gasteiger partial charge in [0.1, 0.15) is 0 Å². The first-order valence-corrected chi connectivity index (χ1v) is 5.69. The van der Waals surface area contributed by atoms with Crippen LogP contribution < -0.4 is 0 Å². The molecule has 0 bridgehead atoms. The summed E-state index contributed by atoms with van der Waals surface area (Å²) in [5, 5.41) is 0. The molecule has 2 atom stereocenters. The van der Waals surface area contributed by atoms with Gasteiger partial charge >= 0.3 is 10.4 Å². The van der Waals surface area contributed by atoms with E-state index in [-0.39, 0.29) is 0 Å². The monoisotopic (exact) mass is 228 g/mol. The predicted octanol–water partition coefficient (Wildman–Crippen LogP) is -1.31. The summed E-state index contributed by atoms with van der Waals surface area (Å²) in [6.07, 6.45) is 0. The molecule has 0 spiro atoms. The third-order valence-electron chi connectivity index (χ3n) is 0.122. The summed E-state index contributed by atoms with van der Waals surface area (Å²) in [4.78, 5) is 0. The fourth-order valence-corrected chi connectivity index (χ4v) is 0. The molecule has 2 unspecified atom stereocenters. The van der Waals surface area contributed by atoms with Crippen molar-refractivity contribution in [3.63, 3.8) is 0 Å². The van der Waals surface area contributed by atoms with Crippen molar-refractivity contribution in [2.24, 2.45) is 0 Å². The summed E-state index contributed by atoms with van der Waals surface area (Å²) in [5.74, 6) is 0. The van der Waals surface area contributed by atoms with E-state index in [0.717, 1.165) is 0 Å². The zero-order valence-corrected chi connectivity index (χ0v) is 7.10. The van der Waals surface area contributed by atoms with Crippen LogP contribution in [-0.4, -0.2) is 35.0 Å². The third-order valence-corrected chi connectivity index (χ3v) is 1.10. The van der Waals surface area contributed by atoms with E-state index in [2.05, 4.69) is 0 Å². The van der Waals surface area contributed by atoms with Crippen LogP contribution in [0.15, 0.2) is 0 Å². The summed E-state index contributed by atoms with van der Waals surface area (Å²) in [6, 6.07) is 0. The Bertz CT molecular complexity index is 212. The minimum absolute atomic E-state index is 2.59. The molecule has 0 aromatic carbocycles. The van der Waals surface area contributed by atoms with Gasteiger partial charge in [-0.1, -0.05) is 0 Å². The standard InChI is InChI=1S/H2O4S2.H2O4S/c1-5(2)6(3)4;1-5(2,3)4/h(H,1,2)(H,3,4);(H2,1,2,3,4). The topological polar surface area (TPSA) is 149 Å². The van der Waals surface area contributed by atoms with Crippen LogP contribution >= 0.6 is 0 Å². The summed E-state index contributed by atoms with van der Waals surface area (Å²) in [6.45, 7) is 0. The SMILES string of the molecule is O=S(=O)(O)O.O=S(O)S(=O)O. The van der Waals surface area contributed by atoms with Crippen molar-refractivity contribution in [1.82, 2.24) is 0 Å². The van der Waals surface area contributed by atoms with E-state index in [1.807, 2.05) is 0 Å². The minimum Gasteiger partial charge on any atom is -0.294 e. The number of rotatable bonds is 1. The van der Waals surface area contributed by atoms with Gasteiger partial charge in [0.25, 0.3) is 20.2 Å². The fraction of sp³-hybridized carbons (Fsp3) is 0. The second-order valence-corrected chi connectivity index (χ2v) is 4.36. The molecule has 0 aliphatic heterocycles. The first-order valence-electron chi connectivity index (χ1n) is 1.56. The van der Waals surface area contributed by atoms with Gasteiger partial charge in [-0.25, -0.2) is 8.42 Å². The molecule has 0 heterocycles. The second-order valence-electron chi connectivity index (χ2n) is 0.882. The molecule has 0 radical (unpaired) electrons. The van der Waals surface area contributed by atoms with Gasteiger partial charge in [-0.15, -0.1) is 0 Å². The van der Waals surface area contributed by atoms with Crippen molar-refractivity contribution in [2.75, 3.05) is 0 Å². The van der Waals surface area contributed by atoms with Crippen molar-refractivity contribution in [3.8, 4) is 0 Å². The van der Waals surface area contributed by atoms with Crippen LogP contribution in [0.3, 0.4) is 0 Å². The maximum Gasteiger partial charge on any atom is 0.394 e. The van der Waals surface area contributed by atoms with Crippen molar-refractivity contribution in [1.29, 1.82) is 0 Å².